The average molecular weight is 398 g/mol. The summed E-state index contributed by atoms with van der Waals surface area (Å²) in [5.41, 5.74) is 1.95. The zero-order chi connectivity index (χ0) is 20.6. The van der Waals surface area contributed by atoms with Gasteiger partial charge in [0, 0.05) is 38.6 Å². The number of carbonyl (C=O) groups excluding carboxylic acids is 2. The third kappa shape index (κ3) is 5.45. The highest BCUT2D eigenvalue weighted by atomic mass is 16.5. The topological polar surface area (TPSA) is 92.8 Å². The van der Waals surface area contributed by atoms with Gasteiger partial charge in [0.1, 0.15) is 0 Å². The predicted octanol–water partition coefficient (Wildman–Crippen LogP) is 1.11. The van der Waals surface area contributed by atoms with Crippen LogP contribution < -0.4 is 20.1 Å². The van der Waals surface area contributed by atoms with Gasteiger partial charge in [0.05, 0.1) is 26.7 Å². The molecule has 1 aromatic carbocycles. The third-order valence-corrected chi connectivity index (χ3v) is 4.89. The van der Waals surface area contributed by atoms with E-state index in [-0.39, 0.29) is 18.2 Å². The number of amides is 2. The monoisotopic (exact) mass is 398 g/mol. The van der Waals surface area contributed by atoms with Crippen LogP contribution in [0.3, 0.4) is 0 Å². The summed E-state index contributed by atoms with van der Waals surface area (Å²) in [6, 6.07) is 8.84. The second kappa shape index (κ2) is 9.88. The Balaban J connectivity index is 1.64. The first-order valence-electron chi connectivity index (χ1n) is 9.49. The molecule has 1 atom stereocenters. The summed E-state index contributed by atoms with van der Waals surface area (Å²) in [4.78, 5) is 30.9. The highest BCUT2D eigenvalue weighted by Gasteiger charge is 2.31. The largest absolute Gasteiger partial charge is 0.493 e. The lowest BCUT2D eigenvalue weighted by Gasteiger charge is -2.34. The maximum absolute atomic E-state index is 12.4. The first-order chi connectivity index (χ1) is 14.1. The summed E-state index contributed by atoms with van der Waals surface area (Å²) in [6.07, 6.45) is 3.46. The fourth-order valence-electron chi connectivity index (χ4n) is 3.34. The van der Waals surface area contributed by atoms with Crippen molar-refractivity contribution in [1.29, 1.82) is 0 Å². The van der Waals surface area contributed by atoms with Gasteiger partial charge in [-0.2, -0.15) is 0 Å². The van der Waals surface area contributed by atoms with Crippen molar-refractivity contribution in [3.8, 4) is 11.5 Å². The van der Waals surface area contributed by atoms with Gasteiger partial charge < -0.3 is 20.1 Å². The van der Waals surface area contributed by atoms with Gasteiger partial charge in [-0.1, -0.05) is 6.07 Å². The summed E-state index contributed by atoms with van der Waals surface area (Å²) < 4.78 is 10.6. The molecule has 0 unspecified atom stereocenters. The molecule has 8 nitrogen and oxygen atoms in total. The Kier molecular flexibility index (Phi) is 7.02. The van der Waals surface area contributed by atoms with Crippen molar-refractivity contribution in [3.05, 3.63) is 53.9 Å². The Bertz CT molecular complexity index is 844. The molecular formula is C21H26N4O4. The normalized spacial score (nSPS) is 16.8. The zero-order valence-electron chi connectivity index (χ0n) is 16.7. The van der Waals surface area contributed by atoms with Crippen LogP contribution in [-0.2, 0) is 22.7 Å². The van der Waals surface area contributed by atoms with E-state index < -0.39 is 6.04 Å². The lowest BCUT2D eigenvalue weighted by Crippen LogP contribution is -2.56. The summed E-state index contributed by atoms with van der Waals surface area (Å²) in [6.45, 7) is 2.17. The van der Waals surface area contributed by atoms with E-state index in [0.717, 1.165) is 11.1 Å². The van der Waals surface area contributed by atoms with Crippen LogP contribution in [-0.4, -0.2) is 55.0 Å². The van der Waals surface area contributed by atoms with Crippen LogP contribution in [0, 0.1) is 0 Å². The van der Waals surface area contributed by atoms with E-state index in [0.29, 0.717) is 37.7 Å². The van der Waals surface area contributed by atoms with Gasteiger partial charge >= 0.3 is 0 Å². The van der Waals surface area contributed by atoms with E-state index in [1.54, 1.807) is 26.6 Å². The van der Waals surface area contributed by atoms with Crippen molar-refractivity contribution in [1.82, 2.24) is 20.5 Å². The van der Waals surface area contributed by atoms with Crippen molar-refractivity contribution in [3.63, 3.8) is 0 Å². The minimum Gasteiger partial charge on any atom is -0.493 e. The number of benzene rings is 1. The molecule has 1 aromatic heterocycles. The molecule has 0 spiro atoms. The first kappa shape index (κ1) is 20.6. The number of ether oxygens (including phenoxy) is 2. The Morgan fingerprint density at radius 2 is 1.93 bits per heavy atom. The Labute approximate surface area is 170 Å². The van der Waals surface area contributed by atoms with Crippen LogP contribution in [0.1, 0.15) is 17.5 Å². The van der Waals surface area contributed by atoms with Gasteiger partial charge in [-0.3, -0.25) is 19.5 Å². The lowest BCUT2D eigenvalue weighted by molar-refractivity contribution is -0.134. The van der Waals surface area contributed by atoms with Crippen LogP contribution in [0.15, 0.2) is 42.7 Å². The van der Waals surface area contributed by atoms with E-state index in [1.165, 1.54) is 0 Å². The maximum atomic E-state index is 12.4. The summed E-state index contributed by atoms with van der Waals surface area (Å²) in [5.74, 6) is 0.995. The van der Waals surface area contributed by atoms with Gasteiger partial charge in [-0.25, -0.2) is 0 Å². The molecule has 1 aliphatic rings. The highest BCUT2D eigenvalue weighted by molar-refractivity contribution is 5.88. The molecule has 1 saturated heterocycles. The van der Waals surface area contributed by atoms with Gasteiger partial charge in [0.25, 0.3) is 0 Å². The van der Waals surface area contributed by atoms with E-state index >= 15 is 0 Å². The first-order valence-corrected chi connectivity index (χ1v) is 9.49. The molecule has 2 aromatic rings. The minimum absolute atomic E-state index is 0.101. The average Bonchev–Trinajstić information content (AvgIpc) is 2.75. The van der Waals surface area contributed by atoms with Crippen LogP contribution in [0.4, 0.5) is 0 Å². The number of hydrogen-bond donors (Lipinski definition) is 2. The van der Waals surface area contributed by atoms with Crippen LogP contribution >= 0.6 is 0 Å². The van der Waals surface area contributed by atoms with E-state index in [2.05, 4.69) is 15.6 Å². The molecule has 2 heterocycles. The second-order valence-corrected chi connectivity index (χ2v) is 6.80. The smallest absolute Gasteiger partial charge is 0.237 e. The molecule has 2 N–H and O–H groups in total. The second-order valence-electron chi connectivity index (χ2n) is 6.80. The summed E-state index contributed by atoms with van der Waals surface area (Å²) >= 11 is 0. The van der Waals surface area contributed by atoms with Gasteiger partial charge in [-0.05, 0) is 35.4 Å². The molecule has 0 saturated carbocycles. The van der Waals surface area contributed by atoms with Crippen molar-refractivity contribution >= 4 is 11.8 Å². The number of pyridine rings is 1. The van der Waals surface area contributed by atoms with Crippen LogP contribution in [0.5, 0.6) is 11.5 Å². The molecule has 29 heavy (non-hydrogen) atoms. The number of nitrogens with one attached hydrogen (secondary N) is 2. The zero-order valence-corrected chi connectivity index (χ0v) is 16.7. The quantitative estimate of drug-likeness (QED) is 0.692. The Morgan fingerprint density at radius 3 is 2.66 bits per heavy atom. The van der Waals surface area contributed by atoms with Crippen molar-refractivity contribution in [2.45, 2.75) is 25.6 Å². The molecule has 0 aliphatic carbocycles. The van der Waals surface area contributed by atoms with Gasteiger partial charge in [-0.15, -0.1) is 0 Å². The van der Waals surface area contributed by atoms with Crippen LogP contribution in [0.25, 0.3) is 0 Å². The van der Waals surface area contributed by atoms with Crippen molar-refractivity contribution < 1.29 is 19.1 Å². The van der Waals surface area contributed by atoms with Crippen molar-refractivity contribution in [2.75, 3.05) is 27.3 Å². The van der Waals surface area contributed by atoms with Gasteiger partial charge in [0.2, 0.25) is 11.8 Å². The Hall–Kier alpha value is -3.13. The number of hydrogen-bond acceptors (Lipinski definition) is 6. The SMILES string of the molecule is COc1ccc(CN2CCNC(=O)[C@@H]2CC(=O)NCc2ccncc2)cc1OC. The number of carbonyl (C=O) groups is 2. The fourth-order valence-corrected chi connectivity index (χ4v) is 3.34. The summed E-state index contributed by atoms with van der Waals surface area (Å²) in [5, 5.41) is 5.73. The van der Waals surface area contributed by atoms with Crippen molar-refractivity contribution in [2.24, 2.45) is 0 Å². The maximum Gasteiger partial charge on any atom is 0.237 e. The molecule has 3 rings (SSSR count). The molecule has 1 aliphatic heterocycles. The van der Waals surface area contributed by atoms with E-state index in [4.69, 9.17) is 9.47 Å². The van der Waals surface area contributed by atoms with E-state index in [1.807, 2.05) is 35.2 Å². The molecule has 1 fully saturated rings. The molecule has 0 bridgehead atoms. The lowest BCUT2D eigenvalue weighted by atomic mass is 10.1. The molecule has 0 radical (unpaired) electrons. The minimum atomic E-state index is -0.519. The summed E-state index contributed by atoms with van der Waals surface area (Å²) in [7, 11) is 3.18. The number of nitrogens with zero attached hydrogens (tertiary/aromatic N) is 2. The fraction of sp³-hybridized carbons (Fsp3) is 0.381. The highest BCUT2D eigenvalue weighted by Crippen LogP contribution is 2.28. The molecule has 8 heteroatoms. The third-order valence-electron chi connectivity index (χ3n) is 4.89. The number of methoxy groups -OCH3 is 2. The van der Waals surface area contributed by atoms with Gasteiger partial charge in [0.15, 0.2) is 11.5 Å². The van der Waals surface area contributed by atoms with E-state index in [9.17, 15) is 9.59 Å². The number of rotatable bonds is 8. The molecule has 2 amide bonds. The Morgan fingerprint density at radius 1 is 1.17 bits per heavy atom. The predicted molar refractivity (Wildman–Crippen MR) is 107 cm³/mol. The van der Waals surface area contributed by atoms with Crippen LogP contribution in [0.2, 0.25) is 0 Å². The molecule has 154 valence electrons. The molecular weight excluding hydrogens is 372 g/mol. The number of aromatic nitrogens is 1. The number of piperazine rings is 1. The standard InChI is InChI=1S/C21H26N4O4/c1-28-18-4-3-16(11-19(18)29-2)14-25-10-9-23-21(27)17(25)12-20(26)24-13-15-5-7-22-8-6-15/h3-8,11,17H,9-10,12-14H2,1-2H3,(H,23,27)(H,24,26)/t17-/m0/s1.